The quantitative estimate of drug-likeness (QED) is 0.798. The van der Waals surface area contributed by atoms with Gasteiger partial charge in [-0.25, -0.2) is 4.79 Å². The molecule has 0 saturated carbocycles. The SMILES string of the molecule is CCc1ccc(C(CC)C(O)C(=O)OC)cc1. The fourth-order valence-electron chi connectivity index (χ4n) is 1.93. The van der Waals surface area contributed by atoms with Crippen LogP contribution >= 0.6 is 0 Å². The molecule has 1 aromatic rings. The molecule has 3 heteroatoms. The Balaban J connectivity index is 2.89. The van der Waals surface area contributed by atoms with Gasteiger partial charge in [-0.05, 0) is 24.0 Å². The number of esters is 1. The number of hydrogen-bond acceptors (Lipinski definition) is 3. The molecular formula is C14H20O3. The van der Waals surface area contributed by atoms with Gasteiger partial charge in [0.2, 0.25) is 0 Å². The summed E-state index contributed by atoms with van der Waals surface area (Å²) in [5, 5.41) is 9.88. The number of aliphatic hydroxyl groups is 1. The number of methoxy groups -OCH3 is 1. The van der Waals surface area contributed by atoms with Crippen LogP contribution in [-0.2, 0) is 16.0 Å². The summed E-state index contributed by atoms with van der Waals surface area (Å²) in [7, 11) is 1.29. The van der Waals surface area contributed by atoms with E-state index in [4.69, 9.17) is 0 Å². The average Bonchev–Trinajstić information content (AvgIpc) is 2.39. The molecule has 94 valence electrons. The lowest BCUT2D eigenvalue weighted by molar-refractivity contribution is -0.151. The third-order valence-electron chi connectivity index (χ3n) is 3.08. The molecule has 0 fully saturated rings. The van der Waals surface area contributed by atoms with Crippen LogP contribution in [0.25, 0.3) is 0 Å². The Morgan fingerprint density at radius 1 is 1.29 bits per heavy atom. The van der Waals surface area contributed by atoms with Gasteiger partial charge in [0.25, 0.3) is 0 Å². The van der Waals surface area contributed by atoms with E-state index in [1.807, 2.05) is 31.2 Å². The summed E-state index contributed by atoms with van der Waals surface area (Å²) in [5.74, 6) is -0.773. The molecule has 2 unspecified atom stereocenters. The van der Waals surface area contributed by atoms with Gasteiger partial charge in [0.15, 0.2) is 6.10 Å². The molecule has 0 aliphatic heterocycles. The van der Waals surface area contributed by atoms with Crippen molar-refractivity contribution in [3.63, 3.8) is 0 Å². The minimum absolute atomic E-state index is 0.201. The molecule has 0 spiro atoms. The number of hydrogen-bond donors (Lipinski definition) is 1. The van der Waals surface area contributed by atoms with Crippen molar-refractivity contribution < 1.29 is 14.6 Å². The molecule has 1 N–H and O–H groups in total. The van der Waals surface area contributed by atoms with Crippen LogP contribution in [0, 0.1) is 0 Å². The number of rotatable bonds is 5. The normalized spacial score (nSPS) is 14.1. The third kappa shape index (κ3) is 3.30. The summed E-state index contributed by atoms with van der Waals surface area (Å²) in [4.78, 5) is 11.3. The van der Waals surface area contributed by atoms with Crippen LogP contribution in [0.3, 0.4) is 0 Å². The molecule has 0 amide bonds. The van der Waals surface area contributed by atoms with E-state index in [0.29, 0.717) is 6.42 Å². The molecule has 0 saturated heterocycles. The van der Waals surface area contributed by atoms with Crippen LogP contribution < -0.4 is 0 Å². The van der Waals surface area contributed by atoms with Gasteiger partial charge >= 0.3 is 5.97 Å². The van der Waals surface area contributed by atoms with Gasteiger partial charge in [0.1, 0.15) is 0 Å². The van der Waals surface area contributed by atoms with Crippen molar-refractivity contribution in [3.8, 4) is 0 Å². The van der Waals surface area contributed by atoms with Crippen molar-refractivity contribution in [2.45, 2.75) is 38.7 Å². The van der Waals surface area contributed by atoms with E-state index >= 15 is 0 Å². The van der Waals surface area contributed by atoms with Gasteiger partial charge in [0.05, 0.1) is 7.11 Å². The predicted octanol–water partition coefficient (Wildman–Crippen LogP) is 2.28. The van der Waals surface area contributed by atoms with E-state index in [9.17, 15) is 9.90 Å². The minimum atomic E-state index is -1.09. The predicted molar refractivity (Wildman–Crippen MR) is 66.9 cm³/mol. The average molecular weight is 236 g/mol. The van der Waals surface area contributed by atoms with E-state index in [-0.39, 0.29) is 5.92 Å². The van der Waals surface area contributed by atoms with Crippen molar-refractivity contribution >= 4 is 5.97 Å². The summed E-state index contributed by atoms with van der Waals surface area (Å²) < 4.78 is 4.57. The first kappa shape index (κ1) is 13.7. The number of ether oxygens (including phenoxy) is 1. The fraction of sp³-hybridized carbons (Fsp3) is 0.500. The van der Waals surface area contributed by atoms with Crippen LogP contribution in [-0.4, -0.2) is 24.3 Å². The van der Waals surface area contributed by atoms with Gasteiger partial charge in [-0.2, -0.15) is 0 Å². The topological polar surface area (TPSA) is 46.5 Å². The molecule has 0 aromatic heterocycles. The lowest BCUT2D eigenvalue weighted by Gasteiger charge is -2.20. The molecule has 0 aliphatic carbocycles. The Morgan fingerprint density at radius 2 is 1.88 bits per heavy atom. The highest BCUT2D eigenvalue weighted by Crippen LogP contribution is 2.24. The number of benzene rings is 1. The molecule has 0 bridgehead atoms. The first-order chi connectivity index (χ1) is 8.13. The largest absolute Gasteiger partial charge is 0.467 e. The van der Waals surface area contributed by atoms with Gasteiger partial charge < -0.3 is 9.84 Å². The Hall–Kier alpha value is -1.35. The Morgan fingerprint density at radius 3 is 2.29 bits per heavy atom. The zero-order valence-corrected chi connectivity index (χ0v) is 10.6. The van der Waals surface area contributed by atoms with E-state index < -0.39 is 12.1 Å². The monoisotopic (exact) mass is 236 g/mol. The smallest absolute Gasteiger partial charge is 0.335 e. The Bertz CT molecular complexity index is 356. The second kappa shape index (κ2) is 6.40. The number of aliphatic hydroxyl groups excluding tert-OH is 1. The summed E-state index contributed by atoms with van der Waals surface area (Å²) in [6.07, 6.45) is 0.593. The van der Waals surface area contributed by atoms with Gasteiger partial charge in [-0.1, -0.05) is 38.1 Å². The van der Waals surface area contributed by atoms with E-state index in [1.165, 1.54) is 12.7 Å². The summed E-state index contributed by atoms with van der Waals surface area (Å²) in [6, 6.07) is 8.00. The number of carbonyl (C=O) groups excluding carboxylic acids is 1. The zero-order valence-electron chi connectivity index (χ0n) is 10.6. The minimum Gasteiger partial charge on any atom is -0.467 e. The summed E-state index contributed by atoms with van der Waals surface area (Å²) in [5.41, 5.74) is 2.22. The first-order valence-electron chi connectivity index (χ1n) is 5.98. The maximum Gasteiger partial charge on any atom is 0.335 e. The fourth-order valence-corrected chi connectivity index (χ4v) is 1.93. The molecule has 0 radical (unpaired) electrons. The molecule has 0 aliphatic rings. The van der Waals surface area contributed by atoms with Crippen LogP contribution in [0.4, 0.5) is 0 Å². The van der Waals surface area contributed by atoms with Crippen molar-refractivity contribution in [1.29, 1.82) is 0 Å². The molecule has 2 atom stereocenters. The maximum absolute atomic E-state index is 11.3. The highest BCUT2D eigenvalue weighted by atomic mass is 16.5. The van der Waals surface area contributed by atoms with E-state index in [1.54, 1.807) is 0 Å². The number of aryl methyl sites for hydroxylation is 1. The lowest BCUT2D eigenvalue weighted by Crippen LogP contribution is -2.28. The van der Waals surface area contributed by atoms with Crippen LogP contribution in [0.1, 0.15) is 37.3 Å². The lowest BCUT2D eigenvalue weighted by atomic mass is 9.90. The van der Waals surface area contributed by atoms with Crippen LogP contribution in [0.15, 0.2) is 24.3 Å². The molecule has 1 rings (SSSR count). The zero-order chi connectivity index (χ0) is 12.8. The molecule has 17 heavy (non-hydrogen) atoms. The summed E-state index contributed by atoms with van der Waals surface area (Å²) in [6.45, 7) is 4.04. The van der Waals surface area contributed by atoms with Gasteiger partial charge in [-0.15, -0.1) is 0 Å². The standard InChI is InChI=1S/C14H20O3/c1-4-10-6-8-11(9-7-10)12(5-2)13(15)14(16)17-3/h6-9,12-13,15H,4-5H2,1-3H3. The molecular weight excluding hydrogens is 216 g/mol. The molecule has 3 nitrogen and oxygen atoms in total. The van der Waals surface area contributed by atoms with Crippen LogP contribution in [0.2, 0.25) is 0 Å². The summed E-state index contributed by atoms with van der Waals surface area (Å²) >= 11 is 0. The highest BCUT2D eigenvalue weighted by Gasteiger charge is 2.26. The molecule has 1 aromatic carbocycles. The second-order valence-corrected chi connectivity index (χ2v) is 4.08. The molecule has 0 heterocycles. The Kier molecular flexibility index (Phi) is 5.16. The van der Waals surface area contributed by atoms with E-state index in [0.717, 1.165) is 12.0 Å². The van der Waals surface area contributed by atoms with Crippen molar-refractivity contribution in [1.82, 2.24) is 0 Å². The van der Waals surface area contributed by atoms with Crippen molar-refractivity contribution in [2.75, 3.05) is 7.11 Å². The van der Waals surface area contributed by atoms with Gasteiger partial charge in [0, 0.05) is 5.92 Å². The van der Waals surface area contributed by atoms with E-state index in [2.05, 4.69) is 11.7 Å². The van der Waals surface area contributed by atoms with Gasteiger partial charge in [-0.3, -0.25) is 0 Å². The third-order valence-corrected chi connectivity index (χ3v) is 3.08. The first-order valence-corrected chi connectivity index (χ1v) is 5.98. The second-order valence-electron chi connectivity index (χ2n) is 4.08. The highest BCUT2D eigenvalue weighted by molar-refractivity contribution is 5.75. The Labute approximate surface area is 102 Å². The van der Waals surface area contributed by atoms with Crippen molar-refractivity contribution in [2.24, 2.45) is 0 Å². The van der Waals surface area contributed by atoms with Crippen LogP contribution in [0.5, 0.6) is 0 Å². The van der Waals surface area contributed by atoms with Crippen molar-refractivity contribution in [3.05, 3.63) is 35.4 Å². The maximum atomic E-state index is 11.3. The number of carbonyl (C=O) groups is 1.